The standard InChI is InChI=1S/C25H37N5O5/c1-5-26-24(32)29-14-10-13-28(15-16-29)17-19-21(23(31)35-7-3)22(27-25(33)30(19)6-2)18-11-8-9-12-20(18)34-4/h8-9,11-12,22H,5-7,10,13-17H2,1-4H3,(H,26,32)(H,27,33)/t22-/m0/s1. The number of para-hydroxylation sites is 1. The third kappa shape index (κ3) is 6.05. The van der Waals surface area contributed by atoms with Crippen LogP contribution in [0, 0.1) is 0 Å². The summed E-state index contributed by atoms with van der Waals surface area (Å²) in [6, 6.07) is 6.31. The summed E-state index contributed by atoms with van der Waals surface area (Å²) in [5.74, 6) is 0.117. The molecule has 0 bridgehead atoms. The molecule has 3 rings (SSSR count). The third-order valence-electron chi connectivity index (χ3n) is 6.28. The summed E-state index contributed by atoms with van der Waals surface area (Å²) >= 11 is 0. The van der Waals surface area contributed by atoms with Crippen molar-refractivity contribution >= 4 is 18.0 Å². The van der Waals surface area contributed by atoms with Gasteiger partial charge in [0.2, 0.25) is 0 Å². The first-order valence-electron chi connectivity index (χ1n) is 12.3. The fourth-order valence-electron chi connectivity index (χ4n) is 4.60. The number of esters is 1. The maximum absolute atomic E-state index is 13.3. The summed E-state index contributed by atoms with van der Waals surface area (Å²) in [5, 5.41) is 5.84. The van der Waals surface area contributed by atoms with Crippen molar-refractivity contribution < 1.29 is 23.9 Å². The highest BCUT2D eigenvalue weighted by atomic mass is 16.5. The maximum Gasteiger partial charge on any atom is 0.338 e. The van der Waals surface area contributed by atoms with Crippen molar-refractivity contribution in [2.45, 2.75) is 33.2 Å². The number of nitrogens with one attached hydrogen (secondary N) is 2. The van der Waals surface area contributed by atoms with E-state index >= 15 is 0 Å². The van der Waals surface area contributed by atoms with E-state index in [4.69, 9.17) is 9.47 Å². The number of methoxy groups -OCH3 is 1. The van der Waals surface area contributed by atoms with E-state index in [2.05, 4.69) is 15.5 Å². The zero-order valence-electron chi connectivity index (χ0n) is 21.1. The number of carbonyl (C=O) groups excluding carboxylic acids is 3. The summed E-state index contributed by atoms with van der Waals surface area (Å²) in [5.41, 5.74) is 1.72. The van der Waals surface area contributed by atoms with Crippen molar-refractivity contribution in [3.8, 4) is 5.75 Å². The predicted molar refractivity (Wildman–Crippen MR) is 132 cm³/mol. The molecular formula is C25H37N5O5. The van der Waals surface area contributed by atoms with Crippen molar-refractivity contribution in [2.24, 2.45) is 0 Å². The Hall–Kier alpha value is -3.27. The number of ether oxygens (including phenoxy) is 2. The minimum absolute atomic E-state index is 0.0655. The number of rotatable bonds is 8. The second-order valence-electron chi connectivity index (χ2n) is 8.40. The first kappa shape index (κ1) is 26.3. The van der Waals surface area contributed by atoms with Gasteiger partial charge in [0, 0.05) is 57.1 Å². The van der Waals surface area contributed by atoms with Crippen LogP contribution in [-0.2, 0) is 9.53 Å². The topological polar surface area (TPSA) is 103 Å². The molecule has 0 unspecified atom stereocenters. The molecule has 0 saturated carbocycles. The van der Waals surface area contributed by atoms with Gasteiger partial charge in [-0.05, 0) is 33.3 Å². The van der Waals surface area contributed by atoms with Gasteiger partial charge in [-0.15, -0.1) is 0 Å². The van der Waals surface area contributed by atoms with Crippen LogP contribution in [0.3, 0.4) is 0 Å². The molecule has 2 N–H and O–H groups in total. The van der Waals surface area contributed by atoms with Crippen LogP contribution in [0.2, 0.25) is 0 Å². The van der Waals surface area contributed by atoms with Crippen molar-refractivity contribution in [3.63, 3.8) is 0 Å². The molecule has 1 fully saturated rings. The molecule has 10 nitrogen and oxygen atoms in total. The Morgan fingerprint density at radius 3 is 2.57 bits per heavy atom. The highest BCUT2D eigenvalue weighted by molar-refractivity contribution is 5.95. The number of likely N-dealkylation sites (N-methyl/N-ethyl adjacent to an activating group) is 1. The lowest BCUT2D eigenvalue weighted by Crippen LogP contribution is -2.51. The van der Waals surface area contributed by atoms with E-state index in [9.17, 15) is 14.4 Å². The molecule has 0 radical (unpaired) electrons. The quantitative estimate of drug-likeness (QED) is 0.546. The molecule has 35 heavy (non-hydrogen) atoms. The lowest BCUT2D eigenvalue weighted by molar-refractivity contribution is -0.139. The van der Waals surface area contributed by atoms with E-state index in [0.717, 1.165) is 13.0 Å². The highest BCUT2D eigenvalue weighted by Gasteiger charge is 2.39. The molecule has 10 heteroatoms. The zero-order chi connectivity index (χ0) is 25.4. The van der Waals surface area contributed by atoms with Crippen molar-refractivity contribution in [3.05, 3.63) is 41.1 Å². The minimum atomic E-state index is -0.700. The highest BCUT2D eigenvalue weighted by Crippen LogP contribution is 2.36. The van der Waals surface area contributed by atoms with E-state index < -0.39 is 12.0 Å². The fourth-order valence-corrected chi connectivity index (χ4v) is 4.60. The van der Waals surface area contributed by atoms with E-state index in [1.165, 1.54) is 0 Å². The number of carbonyl (C=O) groups is 3. The predicted octanol–water partition coefficient (Wildman–Crippen LogP) is 2.34. The second-order valence-corrected chi connectivity index (χ2v) is 8.40. The van der Waals surface area contributed by atoms with E-state index in [1.54, 1.807) is 25.0 Å². The Kier molecular flexibility index (Phi) is 9.36. The van der Waals surface area contributed by atoms with E-state index in [-0.39, 0.29) is 18.7 Å². The van der Waals surface area contributed by atoms with Crippen molar-refractivity contribution in [1.82, 2.24) is 25.3 Å². The van der Waals surface area contributed by atoms with Gasteiger partial charge in [-0.2, -0.15) is 0 Å². The molecule has 4 amide bonds. The third-order valence-corrected chi connectivity index (χ3v) is 6.28. The maximum atomic E-state index is 13.3. The molecule has 2 heterocycles. The van der Waals surface area contributed by atoms with Gasteiger partial charge in [-0.3, -0.25) is 9.80 Å². The van der Waals surface area contributed by atoms with Crippen LogP contribution in [0.4, 0.5) is 9.59 Å². The molecule has 1 aromatic carbocycles. The van der Waals surface area contributed by atoms with Crippen molar-refractivity contribution in [2.75, 3.05) is 59.5 Å². The SMILES string of the molecule is CCNC(=O)N1CCCN(CC2=C(C(=O)OCC)[C@H](c3ccccc3OC)NC(=O)N2CC)CC1. The summed E-state index contributed by atoms with van der Waals surface area (Å²) in [4.78, 5) is 44.4. The average Bonchev–Trinajstić information content (AvgIpc) is 3.10. The molecule has 0 aliphatic carbocycles. The van der Waals surface area contributed by atoms with Gasteiger partial charge in [0.05, 0.1) is 25.3 Å². The zero-order valence-corrected chi connectivity index (χ0v) is 21.1. The normalized spacial score (nSPS) is 19.2. The Labute approximate surface area is 207 Å². The van der Waals surface area contributed by atoms with Crippen LogP contribution in [0.15, 0.2) is 35.5 Å². The summed E-state index contributed by atoms with van der Waals surface area (Å²) < 4.78 is 11.0. The van der Waals surface area contributed by atoms with Gasteiger partial charge in [0.15, 0.2) is 0 Å². The lowest BCUT2D eigenvalue weighted by Gasteiger charge is -2.38. The monoisotopic (exact) mass is 487 g/mol. The number of amides is 4. The molecule has 1 aromatic rings. The van der Waals surface area contributed by atoms with E-state index in [1.807, 2.05) is 36.9 Å². The van der Waals surface area contributed by atoms with Gasteiger partial charge in [0.25, 0.3) is 0 Å². The molecule has 0 aromatic heterocycles. The molecule has 1 atom stereocenters. The van der Waals surface area contributed by atoms with Crippen LogP contribution in [0.1, 0.15) is 38.8 Å². The number of nitrogens with zero attached hydrogens (tertiary/aromatic N) is 3. The van der Waals surface area contributed by atoms with Crippen LogP contribution in [0.25, 0.3) is 0 Å². The Bertz CT molecular complexity index is 950. The molecule has 0 spiro atoms. The average molecular weight is 488 g/mol. The number of benzene rings is 1. The van der Waals surface area contributed by atoms with Gasteiger partial charge < -0.3 is 25.0 Å². The molecule has 2 aliphatic rings. The first-order chi connectivity index (χ1) is 16.9. The van der Waals surface area contributed by atoms with E-state index in [0.29, 0.717) is 61.9 Å². The number of urea groups is 2. The number of hydrogen-bond donors (Lipinski definition) is 2. The van der Waals surface area contributed by atoms with Crippen LogP contribution in [-0.4, -0.2) is 92.3 Å². The largest absolute Gasteiger partial charge is 0.496 e. The Balaban J connectivity index is 1.99. The van der Waals surface area contributed by atoms with Gasteiger partial charge in [0.1, 0.15) is 5.75 Å². The number of hydrogen-bond acceptors (Lipinski definition) is 6. The summed E-state index contributed by atoms with van der Waals surface area (Å²) in [6.45, 7) is 9.76. The van der Waals surface area contributed by atoms with Crippen molar-refractivity contribution in [1.29, 1.82) is 0 Å². The van der Waals surface area contributed by atoms with Crippen LogP contribution < -0.4 is 15.4 Å². The van der Waals surface area contributed by atoms with Gasteiger partial charge >= 0.3 is 18.0 Å². The van der Waals surface area contributed by atoms with Gasteiger partial charge in [-0.1, -0.05) is 18.2 Å². The first-order valence-corrected chi connectivity index (χ1v) is 12.3. The fraction of sp³-hybridized carbons (Fsp3) is 0.560. The summed E-state index contributed by atoms with van der Waals surface area (Å²) in [7, 11) is 1.56. The van der Waals surface area contributed by atoms with Crippen LogP contribution >= 0.6 is 0 Å². The molecule has 2 aliphatic heterocycles. The Morgan fingerprint density at radius 2 is 1.89 bits per heavy atom. The second kappa shape index (κ2) is 12.4. The smallest absolute Gasteiger partial charge is 0.338 e. The van der Waals surface area contributed by atoms with Gasteiger partial charge in [-0.25, -0.2) is 14.4 Å². The molecular weight excluding hydrogens is 450 g/mol. The lowest BCUT2D eigenvalue weighted by atomic mass is 9.93. The van der Waals surface area contributed by atoms with Crippen LogP contribution in [0.5, 0.6) is 5.75 Å². The minimum Gasteiger partial charge on any atom is -0.496 e. The molecule has 192 valence electrons. The Morgan fingerprint density at radius 1 is 1.11 bits per heavy atom. The molecule has 1 saturated heterocycles. The summed E-state index contributed by atoms with van der Waals surface area (Å²) in [6.07, 6.45) is 0.799.